The zero-order valence-electron chi connectivity index (χ0n) is 21.3. The number of para-hydroxylation sites is 1. The van der Waals surface area contributed by atoms with Gasteiger partial charge in [-0.25, -0.2) is 9.78 Å². The Hall–Kier alpha value is -4.33. The van der Waals surface area contributed by atoms with Crippen LogP contribution in [-0.2, 0) is 0 Å². The van der Waals surface area contributed by atoms with Crippen molar-refractivity contribution in [3.8, 4) is 17.0 Å². The lowest BCUT2D eigenvalue weighted by Crippen LogP contribution is -2.42. The van der Waals surface area contributed by atoms with E-state index in [1.54, 1.807) is 39.4 Å². The predicted octanol–water partition coefficient (Wildman–Crippen LogP) is 5.12. The van der Waals surface area contributed by atoms with Crippen molar-refractivity contribution in [2.75, 3.05) is 39.6 Å². The number of nitrogens with one attached hydrogen (secondary N) is 1. The second kappa shape index (κ2) is 10.3. The van der Waals surface area contributed by atoms with E-state index in [4.69, 9.17) is 9.72 Å². The molecule has 1 atom stereocenters. The van der Waals surface area contributed by atoms with E-state index >= 15 is 0 Å². The summed E-state index contributed by atoms with van der Waals surface area (Å²) in [5, 5.41) is 2.97. The first-order valence-electron chi connectivity index (χ1n) is 12.4. The van der Waals surface area contributed by atoms with E-state index in [0.717, 1.165) is 41.2 Å². The molecule has 8 nitrogen and oxygen atoms in total. The molecule has 5 rings (SSSR count). The first-order valence-corrected chi connectivity index (χ1v) is 12.4. The molecule has 1 fully saturated rings. The number of aromatic nitrogens is 2. The molecule has 3 amide bonds. The molecule has 1 N–H and O–H groups in total. The van der Waals surface area contributed by atoms with E-state index in [-0.39, 0.29) is 17.9 Å². The number of carbonyl (C=O) groups excluding carboxylic acids is 2. The summed E-state index contributed by atoms with van der Waals surface area (Å²) in [6, 6.07) is 20.9. The van der Waals surface area contributed by atoms with Gasteiger partial charge in [0, 0.05) is 44.9 Å². The number of methoxy groups -OCH3 is 1. The zero-order valence-corrected chi connectivity index (χ0v) is 21.3. The first kappa shape index (κ1) is 24.4. The molecule has 2 aromatic heterocycles. The van der Waals surface area contributed by atoms with Crippen LogP contribution in [-0.4, -0.2) is 65.4 Å². The number of urea groups is 1. The molecular weight excluding hydrogens is 466 g/mol. The summed E-state index contributed by atoms with van der Waals surface area (Å²) >= 11 is 0. The van der Waals surface area contributed by atoms with Crippen molar-refractivity contribution in [3.63, 3.8) is 0 Å². The Morgan fingerprint density at radius 2 is 1.86 bits per heavy atom. The molecule has 0 bridgehead atoms. The van der Waals surface area contributed by atoms with Gasteiger partial charge in [-0.1, -0.05) is 30.3 Å². The van der Waals surface area contributed by atoms with Crippen LogP contribution < -0.4 is 10.1 Å². The summed E-state index contributed by atoms with van der Waals surface area (Å²) in [5.74, 6) is 1.65. The maximum atomic E-state index is 13.3. The molecular formula is C29H31N5O3. The highest BCUT2D eigenvalue weighted by atomic mass is 16.5. The van der Waals surface area contributed by atoms with Crippen molar-refractivity contribution >= 4 is 23.1 Å². The Morgan fingerprint density at radius 1 is 1.05 bits per heavy atom. The molecule has 0 radical (unpaired) electrons. The smallest absolute Gasteiger partial charge is 0.321 e. The van der Waals surface area contributed by atoms with Crippen LogP contribution in [0.25, 0.3) is 16.8 Å². The molecule has 0 saturated carbocycles. The summed E-state index contributed by atoms with van der Waals surface area (Å²) in [5.41, 5.74) is 3.88. The van der Waals surface area contributed by atoms with Crippen molar-refractivity contribution in [3.05, 3.63) is 84.3 Å². The van der Waals surface area contributed by atoms with Gasteiger partial charge in [0.2, 0.25) is 0 Å². The Kier molecular flexibility index (Phi) is 6.81. The second-order valence-corrected chi connectivity index (χ2v) is 9.47. The number of hydrogen-bond acceptors (Lipinski definition) is 4. The molecule has 8 heteroatoms. The molecule has 2 aromatic carbocycles. The van der Waals surface area contributed by atoms with Gasteiger partial charge in [0.15, 0.2) is 0 Å². The normalized spacial score (nSPS) is 15.4. The lowest BCUT2D eigenvalue weighted by Gasteiger charge is -2.32. The number of piperidine rings is 1. The zero-order chi connectivity index (χ0) is 25.9. The third kappa shape index (κ3) is 4.87. The third-order valence-electron chi connectivity index (χ3n) is 6.80. The van der Waals surface area contributed by atoms with Crippen LogP contribution in [0.15, 0.2) is 72.9 Å². The standard InChI is InChI=1S/C29H31N5O3/c1-32(2)28(35)23-13-4-5-14-24(23)30-29(36)33-16-9-11-21(19-33)27-31-26(25-15-6-7-17-34(25)27)20-10-8-12-22(18-20)37-3/h4-8,10,12-15,17-18,21H,9,11,16,19H2,1-3H3,(H,30,36)/t21-/m1/s1. The van der Waals surface area contributed by atoms with Gasteiger partial charge in [-0.2, -0.15) is 0 Å². The fourth-order valence-corrected chi connectivity index (χ4v) is 4.92. The molecule has 3 heterocycles. The van der Waals surface area contributed by atoms with Crippen molar-refractivity contribution in [1.82, 2.24) is 19.2 Å². The number of anilines is 1. The van der Waals surface area contributed by atoms with Gasteiger partial charge in [-0.05, 0) is 49.2 Å². The van der Waals surface area contributed by atoms with Crippen LogP contribution in [0, 0.1) is 0 Å². The predicted molar refractivity (Wildman–Crippen MR) is 144 cm³/mol. The number of benzene rings is 2. The van der Waals surface area contributed by atoms with Crippen LogP contribution in [0.4, 0.5) is 10.5 Å². The first-order chi connectivity index (χ1) is 18.0. The highest BCUT2D eigenvalue weighted by Gasteiger charge is 2.29. The van der Waals surface area contributed by atoms with Crippen molar-refractivity contribution in [2.24, 2.45) is 0 Å². The molecule has 4 aromatic rings. The average molecular weight is 498 g/mol. The second-order valence-electron chi connectivity index (χ2n) is 9.47. The lowest BCUT2D eigenvalue weighted by atomic mass is 9.97. The number of pyridine rings is 1. The van der Waals surface area contributed by atoms with Gasteiger partial charge in [0.1, 0.15) is 11.6 Å². The number of amides is 3. The molecule has 1 aliphatic heterocycles. The molecule has 0 aliphatic carbocycles. The van der Waals surface area contributed by atoms with Crippen molar-refractivity contribution in [2.45, 2.75) is 18.8 Å². The van der Waals surface area contributed by atoms with Gasteiger partial charge in [0.05, 0.1) is 29.6 Å². The van der Waals surface area contributed by atoms with Crippen LogP contribution in [0.3, 0.4) is 0 Å². The van der Waals surface area contributed by atoms with Crippen LogP contribution in [0.2, 0.25) is 0 Å². The molecule has 0 unspecified atom stereocenters. The Balaban J connectivity index is 1.41. The number of ether oxygens (including phenoxy) is 1. The fraction of sp³-hybridized carbons (Fsp3) is 0.276. The SMILES string of the molecule is COc1cccc(-c2nc([C@@H]3CCCN(C(=O)Nc4ccccc4C(=O)N(C)C)C3)n3ccccc23)c1. The molecule has 1 saturated heterocycles. The number of carbonyl (C=O) groups is 2. The van der Waals surface area contributed by atoms with E-state index in [1.807, 2.05) is 53.6 Å². The highest BCUT2D eigenvalue weighted by molar-refractivity contribution is 6.03. The summed E-state index contributed by atoms with van der Waals surface area (Å²) in [6.45, 7) is 1.19. The van der Waals surface area contributed by atoms with Gasteiger partial charge in [-0.15, -0.1) is 0 Å². The minimum Gasteiger partial charge on any atom is -0.497 e. The van der Waals surface area contributed by atoms with E-state index in [1.165, 1.54) is 4.90 Å². The van der Waals surface area contributed by atoms with Crippen molar-refractivity contribution in [1.29, 1.82) is 0 Å². The summed E-state index contributed by atoms with van der Waals surface area (Å²) in [4.78, 5) is 34.3. The Labute approximate surface area is 216 Å². The van der Waals surface area contributed by atoms with Crippen LogP contribution >= 0.6 is 0 Å². The largest absolute Gasteiger partial charge is 0.497 e. The van der Waals surface area contributed by atoms with Crippen molar-refractivity contribution < 1.29 is 14.3 Å². The Morgan fingerprint density at radius 3 is 2.68 bits per heavy atom. The molecule has 37 heavy (non-hydrogen) atoms. The number of imidazole rings is 1. The monoisotopic (exact) mass is 497 g/mol. The van der Waals surface area contributed by atoms with Gasteiger partial charge >= 0.3 is 6.03 Å². The van der Waals surface area contributed by atoms with E-state index in [9.17, 15) is 9.59 Å². The third-order valence-corrected chi connectivity index (χ3v) is 6.80. The molecule has 1 aliphatic rings. The molecule has 190 valence electrons. The minimum atomic E-state index is -0.211. The Bertz CT molecular complexity index is 1440. The van der Waals surface area contributed by atoms with E-state index in [0.29, 0.717) is 24.3 Å². The number of likely N-dealkylation sites (tertiary alicyclic amines) is 1. The maximum Gasteiger partial charge on any atom is 0.321 e. The molecule has 0 spiro atoms. The average Bonchev–Trinajstić information content (AvgIpc) is 3.33. The van der Waals surface area contributed by atoms with Crippen LogP contribution in [0.1, 0.15) is 34.9 Å². The van der Waals surface area contributed by atoms with Gasteiger partial charge in [0.25, 0.3) is 5.91 Å². The lowest BCUT2D eigenvalue weighted by molar-refractivity contribution is 0.0828. The van der Waals surface area contributed by atoms with Gasteiger partial charge in [-0.3, -0.25) is 4.79 Å². The summed E-state index contributed by atoms with van der Waals surface area (Å²) in [6.07, 6.45) is 3.83. The van der Waals surface area contributed by atoms with Gasteiger partial charge < -0.3 is 24.3 Å². The minimum absolute atomic E-state index is 0.0763. The quantitative estimate of drug-likeness (QED) is 0.415. The number of fused-ring (bicyclic) bond motifs is 1. The number of rotatable bonds is 5. The van der Waals surface area contributed by atoms with Crippen LogP contribution in [0.5, 0.6) is 5.75 Å². The topological polar surface area (TPSA) is 79.2 Å². The number of hydrogen-bond donors (Lipinski definition) is 1. The number of nitrogens with zero attached hydrogens (tertiary/aromatic N) is 4. The van der Waals surface area contributed by atoms with E-state index in [2.05, 4.69) is 15.8 Å². The highest BCUT2D eigenvalue weighted by Crippen LogP contribution is 2.33. The summed E-state index contributed by atoms with van der Waals surface area (Å²) in [7, 11) is 5.06. The maximum absolute atomic E-state index is 13.3. The fourth-order valence-electron chi connectivity index (χ4n) is 4.92. The van der Waals surface area contributed by atoms with E-state index < -0.39 is 0 Å². The summed E-state index contributed by atoms with van der Waals surface area (Å²) < 4.78 is 7.56.